The summed E-state index contributed by atoms with van der Waals surface area (Å²) in [6, 6.07) is 0. The van der Waals surface area contributed by atoms with Crippen molar-refractivity contribution >= 4 is 9.84 Å². The summed E-state index contributed by atoms with van der Waals surface area (Å²) in [6.45, 7) is 7.21. The molecule has 1 heterocycles. The van der Waals surface area contributed by atoms with Crippen LogP contribution >= 0.6 is 0 Å². The highest BCUT2D eigenvalue weighted by Gasteiger charge is 2.33. The Hall–Kier alpha value is -0.130. The van der Waals surface area contributed by atoms with Crippen molar-refractivity contribution in [3.05, 3.63) is 0 Å². The third-order valence-corrected chi connectivity index (χ3v) is 5.13. The summed E-state index contributed by atoms with van der Waals surface area (Å²) in [5.41, 5.74) is 0.0712. The molecule has 0 aromatic rings. The van der Waals surface area contributed by atoms with Crippen LogP contribution in [0.2, 0.25) is 0 Å². The van der Waals surface area contributed by atoms with E-state index in [9.17, 15) is 13.5 Å². The molecule has 1 aliphatic heterocycles. The van der Waals surface area contributed by atoms with E-state index in [0.717, 1.165) is 13.0 Å². The van der Waals surface area contributed by atoms with E-state index in [0.29, 0.717) is 12.2 Å². The second-order valence-electron chi connectivity index (χ2n) is 6.07. The third kappa shape index (κ3) is 5.36. The first kappa shape index (κ1) is 14.9. The fourth-order valence-electron chi connectivity index (χ4n) is 2.30. The molecule has 1 aliphatic rings. The van der Waals surface area contributed by atoms with Crippen LogP contribution in [0.25, 0.3) is 0 Å². The van der Waals surface area contributed by atoms with Crippen molar-refractivity contribution in [2.45, 2.75) is 39.2 Å². The van der Waals surface area contributed by atoms with Gasteiger partial charge in [0.05, 0.1) is 11.5 Å². The zero-order valence-corrected chi connectivity index (χ0v) is 11.9. The Balaban J connectivity index is 2.39. The molecule has 2 unspecified atom stereocenters. The lowest BCUT2D eigenvalue weighted by Crippen LogP contribution is -2.38. The maximum Gasteiger partial charge on any atom is 0.150 e. The molecule has 0 aromatic carbocycles. The number of hydrogen-bond donors (Lipinski definition) is 2. The number of nitrogens with one attached hydrogen (secondary N) is 1. The summed E-state index contributed by atoms with van der Waals surface area (Å²) in [6.07, 6.45) is 1.55. The molecule has 0 bridgehead atoms. The van der Waals surface area contributed by atoms with Crippen LogP contribution in [0.4, 0.5) is 0 Å². The highest BCUT2D eigenvalue weighted by atomic mass is 32.2. The van der Waals surface area contributed by atoms with Crippen molar-refractivity contribution in [1.29, 1.82) is 0 Å². The van der Waals surface area contributed by atoms with Crippen LogP contribution in [0.1, 0.15) is 33.6 Å². The zero-order valence-electron chi connectivity index (χ0n) is 11.1. The van der Waals surface area contributed by atoms with Crippen molar-refractivity contribution in [2.24, 2.45) is 11.8 Å². The van der Waals surface area contributed by atoms with Crippen LogP contribution in [0, 0.1) is 11.8 Å². The van der Waals surface area contributed by atoms with E-state index in [-0.39, 0.29) is 29.7 Å². The van der Waals surface area contributed by atoms with Gasteiger partial charge in [0.25, 0.3) is 0 Å². The summed E-state index contributed by atoms with van der Waals surface area (Å²) < 4.78 is 22.8. The van der Waals surface area contributed by atoms with Gasteiger partial charge >= 0.3 is 0 Å². The first-order valence-electron chi connectivity index (χ1n) is 6.30. The van der Waals surface area contributed by atoms with Crippen LogP contribution in [-0.4, -0.2) is 43.7 Å². The second-order valence-corrected chi connectivity index (χ2v) is 8.30. The van der Waals surface area contributed by atoms with E-state index in [4.69, 9.17) is 0 Å². The fourth-order valence-corrected chi connectivity index (χ4v) is 4.22. The van der Waals surface area contributed by atoms with E-state index in [1.165, 1.54) is 0 Å². The van der Waals surface area contributed by atoms with Crippen molar-refractivity contribution in [3.63, 3.8) is 0 Å². The van der Waals surface area contributed by atoms with Gasteiger partial charge in [-0.3, -0.25) is 0 Å². The topological polar surface area (TPSA) is 66.4 Å². The number of aliphatic hydroxyl groups excluding tert-OH is 1. The molecule has 0 saturated carbocycles. The van der Waals surface area contributed by atoms with Gasteiger partial charge in [0.15, 0.2) is 9.84 Å². The van der Waals surface area contributed by atoms with Crippen molar-refractivity contribution in [3.8, 4) is 0 Å². The molecule has 1 fully saturated rings. The maximum absolute atomic E-state index is 11.4. The molecule has 0 aliphatic carbocycles. The van der Waals surface area contributed by atoms with E-state index >= 15 is 0 Å². The van der Waals surface area contributed by atoms with Gasteiger partial charge in [-0.05, 0) is 52.0 Å². The zero-order chi connectivity index (χ0) is 13.1. The standard InChI is InChI=1S/C12H25NO3S/c1-12(2,3)13-6-4-10(8-14)11-5-7-17(15,16)9-11/h10-11,13-14H,4-9H2,1-3H3. The average molecular weight is 263 g/mol. The Morgan fingerprint density at radius 1 is 1.41 bits per heavy atom. The number of hydrogen-bond acceptors (Lipinski definition) is 4. The number of aliphatic hydroxyl groups is 1. The highest BCUT2D eigenvalue weighted by Crippen LogP contribution is 2.27. The van der Waals surface area contributed by atoms with Gasteiger partial charge in [0, 0.05) is 12.1 Å². The van der Waals surface area contributed by atoms with Gasteiger partial charge in [0.1, 0.15) is 0 Å². The molecule has 1 rings (SSSR count). The molecule has 2 N–H and O–H groups in total. The third-order valence-electron chi connectivity index (χ3n) is 3.34. The van der Waals surface area contributed by atoms with Crippen LogP contribution in [-0.2, 0) is 9.84 Å². The monoisotopic (exact) mass is 263 g/mol. The van der Waals surface area contributed by atoms with Gasteiger partial charge in [-0.25, -0.2) is 8.42 Å². The van der Waals surface area contributed by atoms with E-state index < -0.39 is 9.84 Å². The molecular weight excluding hydrogens is 238 g/mol. The lowest BCUT2D eigenvalue weighted by atomic mass is 9.89. The Labute approximate surface area is 105 Å². The van der Waals surface area contributed by atoms with Crippen molar-refractivity contribution in [1.82, 2.24) is 5.32 Å². The van der Waals surface area contributed by atoms with Gasteiger partial charge in [-0.15, -0.1) is 0 Å². The van der Waals surface area contributed by atoms with Gasteiger partial charge in [-0.1, -0.05) is 0 Å². The largest absolute Gasteiger partial charge is 0.396 e. The van der Waals surface area contributed by atoms with Gasteiger partial charge in [-0.2, -0.15) is 0 Å². The van der Waals surface area contributed by atoms with Gasteiger partial charge in [0.2, 0.25) is 0 Å². The predicted octanol–water partition coefficient (Wildman–Crippen LogP) is 0.808. The SMILES string of the molecule is CC(C)(C)NCCC(CO)C1CCS(=O)(=O)C1. The smallest absolute Gasteiger partial charge is 0.150 e. The molecule has 0 radical (unpaired) electrons. The molecule has 102 valence electrons. The van der Waals surface area contributed by atoms with Crippen LogP contribution in [0.3, 0.4) is 0 Å². The molecule has 17 heavy (non-hydrogen) atoms. The maximum atomic E-state index is 11.4. The minimum Gasteiger partial charge on any atom is -0.396 e. The Morgan fingerprint density at radius 2 is 2.06 bits per heavy atom. The molecule has 0 aromatic heterocycles. The molecule has 2 atom stereocenters. The van der Waals surface area contributed by atoms with E-state index in [2.05, 4.69) is 26.1 Å². The molecule has 4 nitrogen and oxygen atoms in total. The van der Waals surface area contributed by atoms with Crippen LogP contribution in [0.5, 0.6) is 0 Å². The molecule has 1 saturated heterocycles. The normalized spacial score (nSPS) is 26.0. The lowest BCUT2D eigenvalue weighted by Gasteiger charge is -2.24. The van der Waals surface area contributed by atoms with Crippen LogP contribution in [0.15, 0.2) is 0 Å². The Kier molecular flexibility index (Phi) is 4.98. The summed E-state index contributed by atoms with van der Waals surface area (Å²) in [7, 11) is -2.84. The quantitative estimate of drug-likeness (QED) is 0.770. The van der Waals surface area contributed by atoms with E-state index in [1.54, 1.807) is 0 Å². The predicted molar refractivity (Wildman–Crippen MR) is 69.7 cm³/mol. The minimum absolute atomic E-state index is 0.0712. The molecule has 0 amide bonds. The summed E-state index contributed by atoms with van der Waals surface area (Å²) >= 11 is 0. The van der Waals surface area contributed by atoms with Gasteiger partial charge < -0.3 is 10.4 Å². The van der Waals surface area contributed by atoms with Crippen LogP contribution < -0.4 is 5.32 Å². The molecular formula is C12H25NO3S. The number of rotatable bonds is 5. The van der Waals surface area contributed by atoms with Crippen molar-refractivity contribution < 1.29 is 13.5 Å². The fraction of sp³-hybridized carbons (Fsp3) is 1.00. The Bertz CT molecular complexity index is 332. The Morgan fingerprint density at radius 3 is 2.47 bits per heavy atom. The summed E-state index contributed by atoms with van der Waals surface area (Å²) in [4.78, 5) is 0. The van der Waals surface area contributed by atoms with E-state index in [1.807, 2.05) is 0 Å². The van der Waals surface area contributed by atoms with Crippen molar-refractivity contribution in [2.75, 3.05) is 24.7 Å². The second kappa shape index (κ2) is 5.67. The lowest BCUT2D eigenvalue weighted by molar-refractivity contribution is 0.172. The first-order valence-corrected chi connectivity index (χ1v) is 8.12. The summed E-state index contributed by atoms with van der Waals surface area (Å²) in [5, 5.41) is 12.7. The molecule has 0 spiro atoms. The minimum atomic E-state index is -2.84. The average Bonchev–Trinajstić information content (AvgIpc) is 2.52. The highest BCUT2D eigenvalue weighted by molar-refractivity contribution is 7.91. The first-order chi connectivity index (χ1) is 7.73. The molecule has 5 heteroatoms. The number of sulfone groups is 1. The summed E-state index contributed by atoms with van der Waals surface area (Å²) in [5.74, 6) is 0.808.